The van der Waals surface area contributed by atoms with E-state index in [-0.39, 0.29) is 94.1 Å². The molecule has 364 valence electrons. The van der Waals surface area contributed by atoms with Crippen LogP contribution in [0.2, 0.25) is 0 Å². The SMILES string of the molecule is C.COC(=O)[C@@H]1C[C@]12CCc1ccc(O)cc12.COC(=O)[C@@H]1C[C@]12CCc1ccc(Oc3ccccc3)cc12.O=C(O)[C@@H]1C[C@]12CCc1ccc(Oc3ccccc3)cc12.OB(O)c1ccccc1.[Na+].[OH-]. The number of esters is 2. The van der Waals surface area contributed by atoms with Crippen LogP contribution in [0, 0.1) is 17.8 Å². The maximum atomic E-state index is 11.9. The zero-order valence-corrected chi connectivity index (χ0v) is 41.6. The molecule has 0 unspecified atom stereocenters. The fourth-order valence-corrected chi connectivity index (χ4v) is 11.1. The minimum atomic E-state index is -1.34. The normalized spacial score (nSPS) is 23.2. The van der Waals surface area contributed by atoms with Gasteiger partial charge in [-0.2, -0.15) is 0 Å². The van der Waals surface area contributed by atoms with E-state index in [1.807, 2.05) is 97.1 Å². The van der Waals surface area contributed by atoms with Crippen molar-refractivity contribution < 1.29 is 88.6 Å². The average molecular weight is 971 g/mol. The third-order valence-electron chi connectivity index (χ3n) is 14.9. The van der Waals surface area contributed by atoms with E-state index in [1.54, 1.807) is 30.3 Å². The number of carbonyl (C=O) groups is 3. The fourth-order valence-electron chi connectivity index (χ4n) is 11.1. The maximum Gasteiger partial charge on any atom is 1.00 e. The number of aliphatic carboxylic acids is 1. The molecule has 0 amide bonds. The molecule has 14 heteroatoms. The zero-order valence-electron chi connectivity index (χ0n) is 39.6. The average Bonchev–Trinajstić information content (AvgIpc) is 4.30. The van der Waals surface area contributed by atoms with Crippen LogP contribution in [0.1, 0.15) is 79.3 Å². The van der Waals surface area contributed by atoms with Crippen molar-refractivity contribution in [3.63, 3.8) is 0 Å². The molecule has 3 fully saturated rings. The Kier molecular flexibility index (Phi) is 17.4. The van der Waals surface area contributed by atoms with Gasteiger partial charge in [0.15, 0.2) is 0 Å². The van der Waals surface area contributed by atoms with Gasteiger partial charge in [-0.15, -0.1) is 0 Å². The molecule has 6 aromatic carbocycles. The first-order chi connectivity index (χ1) is 32.9. The molecule has 6 aliphatic carbocycles. The van der Waals surface area contributed by atoms with Crippen molar-refractivity contribution in [1.29, 1.82) is 0 Å². The van der Waals surface area contributed by atoms with Crippen LogP contribution in [0.5, 0.6) is 28.7 Å². The number of para-hydroxylation sites is 2. The summed E-state index contributed by atoms with van der Waals surface area (Å²) in [4.78, 5) is 34.7. The minimum absolute atomic E-state index is 0. The van der Waals surface area contributed by atoms with Gasteiger partial charge in [-0.1, -0.05) is 92.4 Å². The van der Waals surface area contributed by atoms with E-state index in [4.69, 9.17) is 29.0 Å². The summed E-state index contributed by atoms with van der Waals surface area (Å²) in [5.41, 5.74) is 7.87. The van der Waals surface area contributed by atoms with Gasteiger partial charge in [-0.25, -0.2) is 0 Å². The topological polar surface area (TPSA) is 199 Å². The number of hydrogen-bond donors (Lipinski definition) is 4. The molecule has 0 radical (unpaired) electrons. The Bertz CT molecular complexity index is 2810. The Hall–Kier alpha value is -5.93. The Morgan fingerprint density at radius 1 is 0.521 bits per heavy atom. The molecule has 12 rings (SSSR count). The molecule has 6 aromatic rings. The standard InChI is InChI=1S/C19H18O3.C18H16O3.C13H14O3.C6H7BO2.CH4.Na.H2O/c1-21-18(20)17-12-19(17)10-9-13-7-8-15(11-16(13)19)22-14-5-3-2-4-6-14;19-17(20)16-11-18(16)9-8-12-6-7-14(10-15(12)18)21-13-4-2-1-3-5-13;1-16-12(15)11-7-13(11)5-4-8-2-3-9(14)6-10(8)13;8-7(9)6-4-2-1-3-5-6;;;/h2-8,11,17H,9-10,12H2,1H3;1-7,10,16H,8-9,11H2,(H,19,20);2-3,6,11,14H,4-5,7H2,1H3;1-5,8-9H;1H4;;1H2/q;;;;;+1;/p-1/t17-,19-;16-,18-;11-,13-;;;;/m000..../s1. The molecule has 71 heavy (non-hydrogen) atoms. The second-order valence-electron chi connectivity index (χ2n) is 18.7. The van der Waals surface area contributed by atoms with Gasteiger partial charge in [0.25, 0.3) is 0 Å². The fraction of sp³-hybridized carbons (Fsp3) is 0.316. The van der Waals surface area contributed by atoms with Crippen LogP contribution < -0.4 is 44.5 Å². The summed E-state index contributed by atoms with van der Waals surface area (Å²) < 4.78 is 21.5. The van der Waals surface area contributed by atoms with Gasteiger partial charge in [0, 0.05) is 16.2 Å². The molecule has 3 saturated carbocycles. The molecule has 0 aliphatic heterocycles. The van der Waals surface area contributed by atoms with Gasteiger partial charge in [0.1, 0.15) is 28.7 Å². The summed E-state index contributed by atoms with van der Waals surface area (Å²) in [5.74, 6) is 2.48. The number of fused-ring (bicyclic) bond motifs is 6. The van der Waals surface area contributed by atoms with Crippen molar-refractivity contribution in [2.45, 2.75) is 81.5 Å². The number of methoxy groups -OCH3 is 2. The summed E-state index contributed by atoms with van der Waals surface area (Å²) >= 11 is 0. The second-order valence-corrected chi connectivity index (χ2v) is 18.7. The Balaban J connectivity index is 0.000000159. The van der Waals surface area contributed by atoms with E-state index >= 15 is 0 Å². The quantitative estimate of drug-likeness (QED) is 0.0994. The van der Waals surface area contributed by atoms with Gasteiger partial charge in [-0.05, 0) is 157 Å². The van der Waals surface area contributed by atoms with Crippen molar-refractivity contribution in [1.82, 2.24) is 0 Å². The second kappa shape index (κ2) is 22.7. The summed E-state index contributed by atoms with van der Waals surface area (Å²) in [6.45, 7) is 0. The van der Waals surface area contributed by atoms with Crippen LogP contribution in [-0.2, 0) is 59.4 Å². The molecule has 0 heterocycles. The number of carboxylic acid groups (broad SMARTS) is 1. The minimum Gasteiger partial charge on any atom is -0.870 e. The number of carboxylic acids is 1. The first-order valence-electron chi connectivity index (χ1n) is 23.2. The number of carbonyl (C=O) groups excluding carboxylic acids is 2. The number of phenolic OH excluding ortho intramolecular Hbond substituents is 1. The number of benzene rings is 6. The Morgan fingerprint density at radius 2 is 0.887 bits per heavy atom. The zero-order chi connectivity index (χ0) is 47.6. The monoisotopic (exact) mass is 970 g/mol. The number of phenols is 1. The molecule has 5 N–H and O–H groups in total. The number of aryl methyl sites for hydroxylation is 3. The van der Waals surface area contributed by atoms with Crippen LogP contribution in [0.15, 0.2) is 146 Å². The molecule has 3 spiro atoms. The third-order valence-corrected chi connectivity index (χ3v) is 14.9. The summed E-state index contributed by atoms with van der Waals surface area (Å²) in [7, 11) is 1.57. The first kappa shape index (κ1) is 54.4. The molecule has 12 nitrogen and oxygen atoms in total. The van der Waals surface area contributed by atoms with Crippen molar-refractivity contribution >= 4 is 30.5 Å². The Morgan fingerprint density at radius 3 is 1.25 bits per heavy atom. The summed E-state index contributed by atoms with van der Waals surface area (Å²) in [5, 5.41) is 36.0. The van der Waals surface area contributed by atoms with Crippen LogP contribution in [0.3, 0.4) is 0 Å². The molecule has 0 saturated heterocycles. The van der Waals surface area contributed by atoms with Crippen LogP contribution >= 0.6 is 0 Å². The van der Waals surface area contributed by atoms with E-state index in [0.717, 1.165) is 86.3 Å². The van der Waals surface area contributed by atoms with Crippen molar-refractivity contribution in [3.05, 3.63) is 179 Å². The molecule has 0 aromatic heterocycles. The van der Waals surface area contributed by atoms with Crippen molar-refractivity contribution in [2.75, 3.05) is 14.2 Å². The Labute approximate surface area is 437 Å². The van der Waals surface area contributed by atoms with Gasteiger partial charge in [0.2, 0.25) is 0 Å². The van der Waals surface area contributed by atoms with Crippen LogP contribution in [0.25, 0.3) is 0 Å². The van der Waals surface area contributed by atoms with Crippen molar-refractivity contribution in [2.24, 2.45) is 17.8 Å². The predicted molar refractivity (Wildman–Crippen MR) is 265 cm³/mol. The van der Waals surface area contributed by atoms with Crippen LogP contribution in [-0.4, -0.2) is 65.0 Å². The third kappa shape index (κ3) is 11.3. The molecular weight excluding hydrogens is 910 g/mol. The largest absolute Gasteiger partial charge is 1.00 e. The van der Waals surface area contributed by atoms with Gasteiger partial charge in [-0.3, -0.25) is 14.4 Å². The molecule has 6 aliphatic rings. The van der Waals surface area contributed by atoms with E-state index in [1.165, 1.54) is 42.0 Å². The molecule has 6 atom stereocenters. The molecule has 0 bridgehead atoms. The smallest absolute Gasteiger partial charge is 0.870 e. The van der Waals surface area contributed by atoms with Gasteiger partial charge in [0.05, 0.1) is 32.0 Å². The van der Waals surface area contributed by atoms with E-state index < -0.39 is 13.1 Å². The molecular formula is C57H60BNaO12. The van der Waals surface area contributed by atoms with Gasteiger partial charge < -0.3 is 44.7 Å². The predicted octanol–water partition coefficient (Wildman–Crippen LogP) is 6.22. The van der Waals surface area contributed by atoms with E-state index in [0.29, 0.717) is 5.46 Å². The van der Waals surface area contributed by atoms with Crippen molar-refractivity contribution in [3.8, 4) is 28.7 Å². The summed E-state index contributed by atoms with van der Waals surface area (Å²) in [6, 6.07) is 45.9. The van der Waals surface area contributed by atoms with E-state index in [9.17, 15) is 24.6 Å². The number of rotatable bonds is 8. The van der Waals surface area contributed by atoms with Gasteiger partial charge >= 0.3 is 54.6 Å². The number of ether oxygens (including phenoxy) is 4. The number of hydrogen-bond acceptors (Lipinski definition) is 11. The summed E-state index contributed by atoms with van der Waals surface area (Å²) in [6.07, 6.45) is 8.56. The van der Waals surface area contributed by atoms with E-state index in [2.05, 4.69) is 18.2 Å². The van der Waals surface area contributed by atoms with Crippen LogP contribution in [0.4, 0.5) is 0 Å². The maximum absolute atomic E-state index is 11.9. The first-order valence-corrected chi connectivity index (χ1v) is 23.2. The number of aromatic hydroxyl groups is 1.